The molecule has 0 aliphatic heterocycles. The Kier molecular flexibility index (Phi) is 5.43. The summed E-state index contributed by atoms with van der Waals surface area (Å²) in [6, 6.07) is 13.7. The third-order valence-corrected chi connectivity index (χ3v) is 4.50. The van der Waals surface area contributed by atoms with Crippen LogP contribution in [0.3, 0.4) is 0 Å². The molecule has 26 heavy (non-hydrogen) atoms. The molecule has 0 aliphatic rings. The standard InChI is InChI=1S/C20H19N3O2S/c1-13-9-17(25-15(3)24)10-14(2)18(13)11-21-23-20-22-19(12-26-20)16-7-5-4-6-8-16/h4-12H,1-3H3,(H,22,23). The lowest BCUT2D eigenvalue weighted by atomic mass is 10.0. The van der Waals surface area contributed by atoms with Crippen LogP contribution in [0.5, 0.6) is 5.75 Å². The maximum absolute atomic E-state index is 11.1. The Morgan fingerprint density at radius 1 is 1.19 bits per heavy atom. The van der Waals surface area contributed by atoms with Gasteiger partial charge in [-0.15, -0.1) is 11.3 Å². The minimum absolute atomic E-state index is 0.329. The number of aromatic nitrogens is 1. The van der Waals surface area contributed by atoms with Crippen molar-refractivity contribution in [1.29, 1.82) is 0 Å². The zero-order valence-electron chi connectivity index (χ0n) is 14.8. The highest BCUT2D eigenvalue weighted by molar-refractivity contribution is 7.14. The molecule has 0 radical (unpaired) electrons. The summed E-state index contributed by atoms with van der Waals surface area (Å²) in [5.74, 6) is 0.218. The number of ether oxygens (including phenoxy) is 1. The van der Waals surface area contributed by atoms with Gasteiger partial charge in [0.25, 0.3) is 0 Å². The number of hydrazone groups is 1. The monoisotopic (exact) mass is 365 g/mol. The molecule has 1 heterocycles. The smallest absolute Gasteiger partial charge is 0.308 e. The lowest BCUT2D eigenvalue weighted by molar-refractivity contribution is -0.131. The van der Waals surface area contributed by atoms with Gasteiger partial charge in [-0.05, 0) is 37.1 Å². The highest BCUT2D eigenvalue weighted by Crippen LogP contribution is 2.25. The lowest BCUT2D eigenvalue weighted by Crippen LogP contribution is -2.03. The van der Waals surface area contributed by atoms with E-state index in [2.05, 4.69) is 15.5 Å². The van der Waals surface area contributed by atoms with Crippen molar-refractivity contribution < 1.29 is 9.53 Å². The van der Waals surface area contributed by atoms with E-state index in [1.807, 2.05) is 61.7 Å². The van der Waals surface area contributed by atoms with Crippen LogP contribution in [0.4, 0.5) is 5.13 Å². The van der Waals surface area contributed by atoms with Gasteiger partial charge < -0.3 is 4.74 Å². The molecule has 0 saturated carbocycles. The van der Waals surface area contributed by atoms with Gasteiger partial charge in [-0.1, -0.05) is 30.3 Å². The summed E-state index contributed by atoms with van der Waals surface area (Å²) in [4.78, 5) is 15.6. The van der Waals surface area contributed by atoms with Gasteiger partial charge in [0.1, 0.15) is 5.75 Å². The fourth-order valence-electron chi connectivity index (χ4n) is 2.58. The summed E-state index contributed by atoms with van der Waals surface area (Å²) < 4.78 is 5.14. The van der Waals surface area contributed by atoms with Gasteiger partial charge in [0.15, 0.2) is 0 Å². The minimum atomic E-state index is -0.329. The highest BCUT2D eigenvalue weighted by atomic mass is 32.1. The number of nitrogens with zero attached hydrogens (tertiary/aromatic N) is 2. The predicted molar refractivity (Wildman–Crippen MR) is 106 cm³/mol. The number of hydrogen-bond donors (Lipinski definition) is 1. The van der Waals surface area contributed by atoms with Crippen LogP contribution < -0.4 is 10.2 Å². The molecule has 0 aliphatic carbocycles. The summed E-state index contributed by atoms with van der Waals surface area (Å²) in [6.07, 6.45) is 1.76. The summed E-state index contributed by atoms with van der Waals surface area (Å²) in [5.41, 5.74) is 7.92. The van der Waals surface area contributed by atoms with Crippen LogP contribution in [-0.2, 0) is 4.79 Å². The normalized spacial score (nSPS) is 10.9. The molecule has 0 unspecified atom stereocenters. The maximum atomic E-state index is 11.1. The Morgan fingerprint density at radius 3 is 2.54 bits per heavy atom. The average Bonchev–Trinajstić information content (AvgIpc) is 3.06. The second-order valence-corrected chi connectivity index (χ2v) is 6.70. The lowest BCUT2D eigenvalue weighted by Gasteiger charge is -2.08. The maximum Gasteiger partial charge on any atom is 0.308 e. The molecular formula is C20H19N3O2S. The summed E-state index contributed by atoms with van der Waals surface area (Å²) in [5, 5.41) is 7.02. The van der Waals surface area contributed by atoms with E-state index in [1.54, 1.807) is 6.21 Å². The van der Waals surface area contributed by atoms with Gasteiger partial charge in [-0.2, -0.15) is 5.10 Å². The Balaban J connectivity index is 1.71. The number of aryl methyl sites for hydroxylation is 2. The van der Waals surface area contributed by atoms with Crippen molar-refractivity contribution in [3.63, 3.8) is 0 Å². The third-order valence-electron chi connectivity index (χ3n) is 3.76. The van der Waals surface area contributed by atoms with Gasteiger partial charge in [-0.25, -0.2) is 4.98 Å². The molecule has 1 N–H and O–H groups in total. The van der Waals surface area contributed by atoms with E-state index in [-0.39, 0.29) is 5.97 Å². The van der Waals surface area contributed by atoms with Gasteiger partial charge in [0, 0.05) is 23.4 Å². The van der Waals surface area contributed by atoms with Crippen molar-refractivity contribution in [1.82, 2.24) is 4.98 Å². The first-order valence-electron chi connectivity index (χ1n) is 8.12. The molecule has 0 atom stereocenters. The Labute approximate surface area is 156 Å². The number of carbonyl (C=O) groups is 1. The van der Waals surface area contributed by atoms with Crippen molar-refractivity contribution in [2.24, 2.45) is 5.10 Å². The third kappa shape index (κ3) is 4.34. The van der Waals surface area contributed by atoms with Crippen molar-refractivity contribution >= 4 is 28.7 Å². The first-order valence-corrected chi connectivity index (χ1v) is 9.00. The first kappa shape index (κ1) is 17.8. The number of benzene rings is 2. The molecule has 0 spiro atoms. The summed E-state index contributed by atoms with van der Waals surface area (Å²) in [7, 11) is 0. The number of esters is 1. The van der Waals surface area contributed by atoms with E-state index in [0.717, 1.165) is 33.1 Å². The molecule has 0 amide bonds. The molecule has 3 rings (SSSR count). The Hall–Kier alpha value is -2.99. The topological polar surface area (TPSA) is 63.6 Å². The zero-order chi connectivity index (χ0) is 18.5. The van der Waals surface area contributed by atoms with Crippen LogP contribution in [0, 0.1) is 13.8 Å². The predicted octanol–water partition coefficient (Wildman–Crippen LogP) is 4.80. The molecule has 5 nitrogen and oxygen atoms in total. The van der Waals surface area contributed by atoms with Crippen molar-refractivity contribution in [3.05, 3.63) is 64.5 Å². The van der Waals surface area contributed by atoms with Crippen molar-refractivity contribution in [2.45, 2.75) is 20.8 Å². The van der Waals surface area contributed by atoms with Crippen LogP contribution in [0.1, 0.15) is 23.6 Å². The Bertz CT molecular complexity index is 926. The molecule has 0 saturated heterocycles. The quantitative estimate of drug-likeness (QED) is 0.305. The number of carbonyl (C=O) groups excluding carboxylic acids is 1. The van der Waals surface area contributed by atoms with Crippen LogP contribution in [-0.4, -0.2) is 17.2 Å². The molecule has 3 aromatic rings. The van der Waals surface area contributed by atoms with E-state index in [0.29, 0.717) is 5.75 Å². The molecule has 132 valence electrons. The van der Waals surface area contributed by atoms with Crippen LogP contribution in [0.25, 0.3) is 11.3 Å². The first-order chi connectivity index (χ1) is 12.5. The molecule has 6 heteroatoms. The van der Waals surface area contributed by atoms with E-state index >= 15 is 0 Å². The van der Waals surface area contributed by atoms with E-state index in [9.17, 15) is 4.79 Å². The highest BCUT2D eigenvalue weighted by Gasteiger charge is 2.07. The van der Waals surface area contributed by atoms with E-state index in [1.165, 1.54) is 18.3 Å². The molecular weight excluding hydrogens is 346 g/mol. The van der Waals surface area contributed by atoms with Crippen LogP contribution in [0.15, 0.2) is 52.9 Å². The Morgan fingerprint density at radius 2 is 1.88 bits per heavy atom. The fraction of sp³-hybridized carbons (Fsp3) is 0.150. The second kappa shape index (κ2) is 7.93. The SMILES string of the molecule is CC(=O)Oc1cc(C)c(C=NNc2nc(-c3ccccc3)cs2)c(C)c1. The second-order valence-electron chi connectivity index (χ2n) is 5.84. The van der Waals surface area contributed by atoms with Crippen molar-refractivity contribution in [3.8, 4) is 17.0 Å². The number of anilines is 1. The van der Waals surface area contributed by atoms with Crippen LogP contribution >= 0.6 is 11.3 Å². The average molecular weight is 365 g/mol. The van der Waals surface area contributed by atoms with Gasteiger partial charge >= 0.3 is 5.97 Å². The molecule has 1 aromatic heterocycles. The fourth-order valence-corrected chi connectivity index (χ4v) is 3.25. The van der Waals surface area contributed by atoms with Crippen LogP contribution in [0.2, 0.25) is 0 Å². The van der Waals surface area contributed by atoms with Gasteiger partial charge in [0.05, 0.1) is 11.9 Å². The largest absolute Gasteiger partial charge is 0.427 e. The number of thiazole rings is 1. The molecule has 2 aromatic carbocycles. The van der Waals surface area contributed by atoms with Gasteiger partial charge in [-0.3, -0.25) is 10.2 Å². The van der Waals surface area contributed by atoms with E-state index < -0.39 is 0 Å². The van der Waals surface area contributed by atoms with Crippen molar-refractivity contribution in [2.75, 3.05) is 5.43 Å². The summed E-state index contributed by atoms with van der Waals surface area (Å²) >= 11 is 1.50. The minimum Gasteiger partial charge on any atom is -0.427 e. The summed E-state index contributed by atoms with van der Waals surface area (Å²) in [6.45, 7) is 5.30. The number of nitrogens with one attached hydrogen (secondary N) is 1. The zero-order valence-corrected chi connectivity index (χ0v) is 15.6. The number of rotatable bonds is 5. The van der Waals surface area contributed by atoms with E-state index in [4.69, 9.17) is 4.74 Å². The number of hydrogen-bond acceptors (Lipinski definition) is 6. The van der Waals surface area contributed by atoms with Gasteiger partial charge in [0.2, 0.25) is 5.13 Å². The molecule has 0 bridgehead atoms. The molecule has 0 fully saturated rings.